The lowest BCUT2D eigenvalue weighted by Crippen LogP contribution is -2.45. The zero-order chi connectivity index (χ0) is 37.3. The minimum absolute atomic E-state index is 0.00507. The van der Waals surface area contributed by atoms with E-state index in [1.807, 2.05) is 0 Å². The van der Waals surface area contributed by atoms with Gasteiger partial charge in [0.15, 0.2) is 0 Å². The van der Waals surface area contributed by atoms with E-state index in [9.17, 15) is 19.8 Å². The average Bonchev–Trinajstić information content (AvgIpc) is 3.13. The van der Waals surface area contributed by atoms with E-state index >= 15 is 0 Å². The molecule has 51 heavy (non-hydrogen) atoms. The summed E-state index contributed by atoms with van der Waals surface area (Å²) in [6.07, 6.45) is 43.4. The first kappa shape index (κ1) is 49.9. The number of aliphatic hydroxyl groups is 2. The highest BCUT2D eigenvalue weighted by molar-refractivity contribution is 5.76. The fourth-order valence-electron chi connectivity index (χ4n) is 7.11. The standard InChI is InChI=1S/C45H89NO5/c1-3-5-7-9-11-13-14-19-23-27-31-35-39-45(50)51-40-36-32-28-24-20-17-15-16-18-22-26-30-34-38-44(49)46-42(41-47)43(48)37-33-29-25-21-12-10-8-6-4-2/h42-43,47-48H,3-41H2,1-2H3,(H,46,49). The normalized spacial score (nSPS) is 12.6. The SMILES string of the molecule is CCCCCCCCCCCCCCC(=O)OCCCCCCCCCCCCCCCC(=O)NC(CO)C(O)CCCCCCCCCCC. The first-order valence-electron chi connectivity index (χ1n) is 22.8. The average molecular weight is 724 g/mol. The predicted octanol–water partition coefficient (Wildman–Crippen LogP) is 12.8. The quantitative estimate of drug-likeness (QED) is 0.0430. The van der Waals surface area contributed by atoms with Crippen LogP contribution < -0.4 is 5.32 Å². The van der Waals surface area contributed by atoms with Crippen molar-refractivity contribution in [2.24, 2.45) is 0 Å². The third kappa shape index (κ3) is 38.4. The number of hydrogen-bond acceptors (Lipinski definition) is 5. The molecule has 0 aromatic heterocycles. The first-order chi connectivity index (χ1) is 25.0. The summed E-state index contributed by atoms with van der Waals surface area (Å²) in [7, 11) is 0. The van der Waals surface area contributed by atoms with Crippen LogP contribution in [0.15, 0.2) is 0 Å². The van der Waals surface area contributed by atoms with Crippen molar-refractivity contribution in [3.63, 3.8) is 0 Å². The fraction of sp³-hybridized carbons (Fsp3) is 0.956. The Kier molecular flexibility index (Phi) is 40.7. The molecule has 0 saturated carbocycles. The molecule has 0 spiro atoms. The summed E-state index contributed by atoms with van der Waals surface area (Å²) in [5.41, 5.74) is 0. The number of aliphatic hydroxyl groups excluding tert-OH is 2. The van der Waals surface area contributed by atoms with Crippen molar-refractivity contribution in [1.29, 1.82) is 0 Å². The Bertz CT molecular complexity index is 717. The second kappa shape index (κ2) is 41.6. The Labute approximate surface area is 317 Å². The van der Waals surface area contributed by atoms with Gasteiger partial charge in [0.1, 0.15) is 0 Å². The molecule has 0 saturated heterocycles. The summed E-state index contributed by atoms with van der Waals surface area (Å²) >= 11 is 0. The summed E-state index contributed by atoms with van der Waals surface area (Å²) in [6.45, 7) is 4.90. The van der Waals surface area contributed by atoms with Crippen LogP contribution in [0.2, 0.25) is 0 Å². The van der Waals surface area contributed by atoms with Crippen molar-refractivity contribution in [3.05, 3.63) is 0 Å². The van der Waals surface area contributed by atoms with Gasteiger partial charge in [0.05, 0.1) is 25.4 Å². The second-order valence-electron chi connectivity index (χ2n) is 15.7. The minimum atomic E-state index is -0.668. The van der Waals surface area contributed by atoms with Crippen molar-refractivity contribution in [3.8, 4) is 0 Å². The van der Waals surface area contributed by atoms with Crippen LogP contribution in [0.25, 0.3) is 0 Å². The van der Waals surface area contributed by atoms with Gasteiger partial charge >= 0.3 is 5.97 Å². The van der Waals surface area contributed by atoms with Gasteiger partial charge in [0, 0.05) is 12.8 Å². The molecule has 2 atom stereocenters. The molecule has 0 radical (unpaired) electrons. The van der Waals surface area contributed by atoms with Crippen molar-refractivity contribution in [2.75, 3.05) is 13.2 Å². The van der Waals surface area contributed by atoms with Gasteiger partial charge in [-0.15, -0.1) is 0 Å². The van der Waals surface area contributed by atoms with Crippen LogP contribution in [0.4, 0.5) is 0 Å². The molecule has 1 amide bonds. The Hall–Kier alpha value is -1.14. The van der Waals surface area contributed by atoms with Crippen molar-refractivity contribution in [2.45, 2.75) is 264 Å². The summed E-state index contributed by atoms with van der Waals surface area (Å²) in [4.78, 5) is 24.3. The first-order valence-corrected chi connectivity index (χ1v) is 22.8. The van der Waals surface area contributed by atoms with Gasteiger partial charge in [-0.1, -0.05) is 213 Å². The van der Waals surface area contributed by atoms with Gasteiger partial charge in [-0.25, -0.2) is 0 Å². The molecule has 0 aromatic rings. The summed E-state index contributed by atoms with van der Waals surface area (Å²) in [5, 5.41) is 23.0. The van der Waals surface area contributed by atoms with E-state index < -0.39 is 12.1 Å². The topological polar surface area (TPSA) is 95.9 Å². The Balaban J connectivity index is 3.42. The van der Waals surface area contributed by atoms with Crippen LogP contribution in [-0.2, 0) is 14.3 Å². The van der Waals surface area contributed by atoms with E-state index in [1.54, 1.807) is 0 Å². The van der Waals surface area contributed by atoms with Crippen LogP contribution in [0.1, 0.15) is 251 Å². The third-order valence-corrected chi connectivity index (χ3v) is 10.7. The van der Waals surface area contributed by atoms with Gasteiger partial charge < -0.3 is 20.3 Å². The highest BCUT2D eigenvalue weighted by Gasteiger charge is 2.20. The number of rotatable bonds is 42. The lowest BCUT2D eigenvalue weighted by Gasteiger charge is -2.22. The Morgan fingerprint density at radius 1 is 0.471 bits per heavy atom. The van der Waals surface area contributed by atoms with E-state index in [2.05, 4.69) is 19.2 Å². The lowest BCUT2D eigenvalue weighted by atomic mass is 10.0. The number of carbonyl (C=O) groups is 2. The van der Waals surface area contributed by atoms with Gasteiger partial charge in [0.2, 0.25) is 5.91 Å². The number of nitrogens with one attached hydrogen (secondary N) is 1. The van der Waals surface area contributed by atoms with Crippen LogP contribution in [0.5, 0.6) is 0 Å². The molecule has 2 unspecified atom stereocenters. The highest BCUT2D eigenvalue weighted by Crippen LogP contribution is 2.16. The lowest BCUT2D eigenvalue weighted by molar-refractivity contribution is -0.143. The Morgan fingerprint density at radius 3 is 1.20 bits per heavy atom. The van der Waals surface area contributed by atoms with Gasteiger partial charge in [-0.05, 0) is 25.7 Å². The molecule has 0 aliphatic rings. The maximum absolute atomic E-state index is 12.4. The molecule has 6 nitrogen and oxygen atoms in total. The predicted molar refractivity (Wildman–Crippen MR) is 218 cm³/mol. The molecule has 0 fully saturated rings. The van der Waals surface area contributed by atoms with Gasteiger partial charge in [-0.2, -0.15) is 0 Å². The molecule has 0 bridgehead atoms. The molecule has 0 heterocycles. The van der Waals surface area contributed by atoms with E-state index in [0.717, 1.165) is 51.4 Å². The summed E-state index contributed by atoms with van der Waals surface area (Å²) in [6, 6.07) is -0.546. The minimum Gasteiger partial charge on any atom is -0.466 e. The summed E-state index contributed by atoms with van der Waals surface area (Å²) in [5.74, 6) is -0.0549. The van der Waals surface area contributed by atoms with Gasteiger partial charge in [-0.3, -0.25) is 9.59 Å². The van der Waals surface area contributed by atoms with E-state index in [0.29, 0.717) is 25.9 Å². The molecule has 0 aromatic carbocycles. The second-order valence-corrected chi connectivity index (χ2v) is 15.7. The molecule has 0 rings (SSSR count). The molecule has 304 valence electrons. The highest BCUT2D eigenvalue weighted by atomic mass is 16.5. The van der Waals surface area contributed by atoms with E-state index in [1.165, 1.54) is 167 Å². The number of hydrogen-bond donors (Lipinski definition) is 3. The summed E-state index contributed by atoms with van der Waals surface area (Å²) < 4.78 is 5.44. The third-order valence-electron chi connectivity index (χ3n) is 10.7. The zero-order valence-electron chi connectivity index (χ0n) is 34.4. The molecule has 0 aliphatic heterocycles. The maximum atomic E-state index is 12.4. The zero-order valence-corrected chi connectivity index (χ0v) is 34.4. The molecular weight excluding hydrogens is 634 g/mol. The smallest absolute Gasteiger partial charge is 0.305 e. The number of amides is 1. The fourth-order valence-corrected chi connectivity index (χ4v) is 7.11. The van der Waals surface area contributed by atoms with Gasteiger partial charge in [0.25, 0.3) is 0 Å². The Morgan fingerprint density at radius 2 is 0.804 bits per heavy atom. The monoisotopic (exact) mass is 724 g/mol. The number of ether oxygens (including phenoxy) is 1. The number of esters is 1. The van der Waals surface area contributed by atoms with E-state index in [-0.39, 0.29) is 18.5 Å². The van der Waals surface area contributed by atoms with Crippen molar-refractivity contribution >= 4 is 11.9 Å². The maximum Gasteiger partial charge on any atom is 0.305 e. The molecule has 0 aliphatic carbocycles. The van der Waals surface area contributed by atoms with Crippen LogP contribution in [0, 0.1) is 0 Å². The number of carbonyl (C=O) groups excluding carboxylic acids is 2. The van der Waals surface area contributed by atoms with E-state index in [4.69, 9.17) is 4.74 Å². The van der Waals surface area contributed by atoms with Crippen LogP contribution >= 0.6 is 0 Å². The van der Waals surface area contributed by atoms with Crippen LogP contribution in [0.3, 0.4) is 0 Å². The number of unbranched alkanes of at least 4 members (excludes halogenated alkanes) is 31. The van der Waals surface area contributed by atoms with Crippen molar-refractivity contribution < 1.29 is 24.5 Å². The molecule has 3 N–H and O–H groups in total. The van der Waals surface area contributed by atoms with Crippen LogP contribution in [-0.4, -0.2) is 47.4 Å². The largest absolute Gasteiger partial charge is 0.466 e. The van der Waals surface area contributed by atoms with Crippen molar-refractivity contribution in [1.82, 2.24) is 5.32 Å². The molecule has 6 heteroatoms. The molecular formula is C45H89NO5.